The fraction of sp³-hybridized carbons (Fsp3) is 0.545. The quantitative estimate of drug-likeness (QED) is 0.814. The van der Waals surface area contributed by atoms with Gasteiger partial charge in [0.05, 0.1) is 0 Å². The lowest BCUT2D eigenvalue weighted by Crippen LogP contribution is -2.24. The van der Waals surface area contributed by atoms with Crippen molar-refractivity contribution in [2.75, 3.05) is 18.0 Å². The van der Waals surface area contributed by atoms with Crippen LogP contribution in [0.1, 0.15) is 19.0 Å². The SMILES string of the molecule is CC(=O)[C@H]1CCN(c2nccc(C(F)(F)F)n2)C1. The number of alkyl halides is 3. The minimum atomic E-state index is -4.47. The molecule has 1 aliphatic rings. The Morgan fingerprint density at radius 1 is 1.50 bits per heavy atom. The molecule has 1 aromatic heterocycles. The number of rotatable bonds is 2. The van der Waals surface area contributed by atoms with Gasteiger partial charge in [0.2, 0.25) is 5.95 Å². The Balaban J connectivity index is 2.18. The smallest absolute Gasteiger partial charge is 0.340 e. The fourth-order valence-corrected chi connectivity index (χ4v) is 1.93. The van der Waals surface area contributed by atoms with E-state index >= 15 is 0 Å². The summed E-state index contributed by atoms with van der Waals surface area (Å²) in [6, 6.07) is 0.835. The zero-order valence-corrected chi connectivity index (χ0v) is 9.74. The summed E-state index contributed by atoms with van der Waals surface area (Å²) in [5, 5.41) is 0. The van der Waals surface area contributed by atoms with E-state index in [2.05, 4.69) is 9.97 Å². The van der Waals surface area contributed by atoms with Gasteiger partial charge in [0.25, 0.3) is 0 Å². The second kappa shape index (κ2) is 4.55. The first-order chi connectivity index (χ1) is 8.38. The molecule has 18 heavy (non-hydrogen) atoms. The van der Waals surface area contributed by atoms with Crippen LogP contribution in [0, 0.1) is 5.92 Å². The van der Waals surface area contributed by atoms with Crippen LogP contribution in [0.3, 0.4) is 0 Å². The van der Waals surface area contributed by atoms with E-state index in [0.29, 0.717) is 19.5 Å². The molecule has 98 valence electrons. The maximum Gasteiger partial charge on any atom is 0.433 e. The largest absolute Gasteiger partial charge is 0.433 e. The highest BCUT2D eigenvalue weighted by Crippen LogP contribution is 2.29. The molecule has 0 aliphatic carbocycles. The first kappa shape index (κ1) is 12.8. The van der Waals surface area contributed by atoms with Crippen LogP contribution in [0.2, 0.25) is 0 Å². The lowest BCUT2D eigenvalue weighted by Gasteiger charge is -2.16. The van der Waals surface area contributed by atoms with Crippen molar-refractivity contribution < 1.29 is 18.0 Å². The standard InChI is InChI=1S/C11H12F3N3O/c1-7(18)8-3-5-17(6-8)10-15-4-2-9(16-10)11(12,13)14/h2,4,8H,3,5-6H2,1H3/t8-/m0/s1. The summed E-state index contributed by atoms with van der Waals surface area (Å²) < 4.78 is 37.5. The molecule has 7 heteroatoms. The number of anilines is 1. The van der Waals surface area contributed by atoms with Crippen LogP contribution < -0.4 is 4.90 Å². The number of Topliss-reactive ketones (excluding diaryl/α,β-unsaturated/α-hetero) is 1. The lowest BCUT2D eigenvalue weighted by molar-refractivity contribution is -0.141. The van der Waals surface area contributed by atoms with E-state index in [1.165, 1.54) is 6.92 Å². The summed E-state index contributed by atoms with van der Waals surface area (Å²) in [5.41, 5.74) is -0.959. The van der Waals surface area contributed by atoms with E-state index in [0.717, 1.165) is 12.3 Å². The molecule has 2 rings (SSSR count). The highest BCUT2D eigenvalue weighted by molar-refractivity contribution is 5.79. The van der Waals surface area contributed by atoms with Crippen molar-refractivity contribution in [2.24, 2.45) is 5.92 Å². The normalized spacial score (nSPS) is 20.2. The van der Waals surface area contributed by atoms with Crippen molar-refractivity contribution in [2.45, 2.75) is 19.5 Å². The van der Waals surface area contributed by atoms with Crippen LogP contribution in [0.4, 0.5) is 19.1 Å². The molecule has 4 nitrogen and oxygen atoms in total. The number of halogens is 3. The van der Waals surface area contributed by atoms with Gasteiger partial charge in [-0.05, 0) is 19.4 Å². The van der Waals surface area contributed by atoms with Gasteiger partial charge in [-0.3, -0.25) is 4.79 Å². The molecule has 0 spiro atoms. The van der Waals surface area contributed by atoms with Crippen molar-refractivity contribution in [3.63, 3.8) is 0 Å². The molecule has 0 bridgehead atoms. The van der Waals surface area contributed by atoms with Crippen molar-refractivity contribution in [1.29, 1.82) is 0 Å². The van der Waals surface area contributed by atoms with Gasteiger partial charge in [-0.1, -0.05) is 0 Å². The summed E-state index contributed by atoms with van der Waals surface area (Å²) in [6.07, 6.45) is -2.75. The van der Waals surface area contributed by atoms with E-state index < -0.39 is 11.9 Å². The predicted octanol–water partition coefficient (Wildman–Crippen LogP) is 1.91. The van der Waals surface area contributed by atoms with E-state index in [1.54, 1.807) is 4.90 Å². The summed E-state index contributed by atoms with van der Waals surface area (Å²) in [7, 11) is 0. The van der Waals surface area contributed by atoms with Gasteiger partial charge in [0, 0.05) is 25.2 Å². The van der Waals surface area contributed by atoms with Gasteiger partial charge in [-0.15, -0.1) is 0 Å². The minimum Gasteiger partial charge on any atom is -0.340 e. The van der Waals surface area contributed by atoms with E-state index in [4.69, 9.17) is 0 Å². The van der Waals surface area contributed by atoms with Gasteiger partial charge >= 0.3 is 6.18 Å². The second-order valence-electron chi connectivity index (χ2n) is 4.28. The van der Waals surface area contributed by atoms with Crippen molar-refractivity contribution in [1.82, 2.24) is 9.97 Å². The van der Waals surface area contributed by atoms with E-state index in [-0.39, 0.29) is 17.6 Å². The number of hydrogen-bond acceptors (Lipinski definition) is 4. The topological polar surface area (TPSA) is 46.1 Å². The summed E-state index contributed by atoms with van der Waals surface area (Å²) in [4.78, 5) is 20.1. The van der Waals surface area contributed by atoms with Gasteiger partial charge in [-0.2, -0.15) is 13.2 Å². The molecular formula is C11H12F3N3O. The highest BCUT2D eigenvalue weighted by atomic mass is 19.4. The molecule has 0 amide bonds. The molecule has 2 heterocycles. The average molecular weight is 259 g/mol. The van der Waals surface area contributed by atoms with Gasteiger partial charge in [-0.25, -0.2) is 9.97 Å². The average Bonchev–Trinajstić information content (AvgIpc) is 2.77. The van der Waals surface area contributed by atoms with Crippen LogP contribution in [0.5, 0.6) is 0 Å². The number of nitrogens with zero attached hydrogens (tertiary/aromatic N) is 3. The van der Waals surface area contributed by atoms with Crippen molar-refractivity contribution in [3.05, 3.63) is 18.0 Å². The molecular weight excluding hydrogens is 247 g/mol. The predicted molar refractivity (Wildman–Crippen MR) is 58.0 cm³/mol. The molecule has 1 fully saturated rings. The lowest BCUT2D eigenvalue weighted by atomic mass is 10.1. The Kier molecular flexibility index (Phi) is 3.23. The Morgan fingerprint density at radius 2 is 2.22 bits per heavy atom. The number of aromatic nitrogens is 2. The third-order valence-corrected chi connectivity index (χ3v) is 2.98. The maximum atomic E-state index is 12.5. The summed E-state index contributed by atoms with van der Waals surface area (Å²) in [5.74, 6) is -0.0545. The second-order valence-corrected chi connectivity index (χ2v) is 4.28. The van der Waals surface area contributed by atoms with E-state index in [9.17, 15) is 18.0 Å². The zero-order valence-electron chi connectivity index (χ0n) is 9.74. The maximum absolute atomic E-state index is 12.5. The molecule has 1 aromatic rings. The van der Waals surface area contributed by atoms with E-state index in [1.807, 2.05) is 0 Å². The first-order valence-electron chi connectivity index (χ1n) is 5.53. The van der Waals surface area contributed by atoms with Crippen LogP contribution in [0.15, 0.2) is 12.3 Å². The summed E-state index contributed by atoms with van der Waals surface area (Å²) in [6.45, 7) is 2.38. The molecule has 1 saturated heterocycles. The van der Waals surface area contributed by atoms with Gasteiger partial charge in [0.15, 0.2) is 0 Å². The molecule has 0 unspecified atom stereocenters. The first-order valence-corrected chi connectivity index (χ1v) is 5.53. The Bertz CT molecular complexity index is 461. The highest BCUT2D eigenvalue weighted by Gasteiger charge is 2.34. The Hall–Kier alpha value is -1.66. The molecule has 0 aromatic carbocycles. The number of carbonyl (C=O) groups is 1. The zero-order chi connectivity index (χ0) is 13.3. The molecule has 1 aliphatic heterocycles. The Labute approximate surface area is 102 Å². The molecule has 1 atom stereocenters. The molecule has 0 radical (unpaired) electrons. The third kappa shape index (κ3) is 2.60. The minimum absolute atomic E-state index is 0.0357. The van der Waals surface area contributed by atoms with Gasteiger partial charge in [0.1, 0.15) is 11.5 Å². The number of carbonyl (C=O) groups excluding carboxylic acids is 1. The fourth-order valence-electron chi connectivity index (χ4n) is 1.93. The molecule has 0 saturated carbocycles. The van der Waals surface area contributed by atoms with Crippen molar-refractivity contribution in [3.8, 4) is 0 Å². The van der Waals surface area contributed by atoms with Crippen LogP contribution in [-0.4, -0.2) is 28.8 Å². The van der Waals surface area contributed by atoms with Crippen molar-refractivity contribution >= 4 is 11.7 Å². The number of hydrogen-bond donors (Lipinski definition) is 0. The van der Waals surface area contributed by atoms with Crippen LogP contribution >= 0.6 is 0 Å². The van der Waals surface area contributed by atoms with Crippen LogP contribution in [-0.2, 0) is 11.0 Å². The monoisotopic (exact) mass is 259 g/mol. The Morgan fingerprint density at radius 3 is 2.78 bits per heavy atom. The third-order valence-electron chi connectivity index (χ3n) is 2.98. The number of ketones is 1. The van der Waals surface area contributed by atoms with Crippen LogP contribution in [0.25, 0.3) is 0 Å². The van der Waals surface area contributed by atoms with Gasteiger partial charge < -0.3 is 4.90 Å². The molecule has 0 N–H and O–H groups in total. The summed E-state index contributed by atoms with van der Waals surface area (Å²) >= 11 is 0.